The van der Waals surface area contributed by atoms with Crippen molar-refractivity contribution in [3.63, 3.8) is 0 Å². The second-order valence-corrected chi connectivity index (χ2v) is 10.5. The normalized spacial score (nSPS) is 15.3. The molecule has 4 aromatic carbocycles. The summed E-state index contributed by atoms with van der Waals surface area (Å²) in [4.78, 5) is 12.7. The van der Waals surface area contributed by atoms with Gasteiger partial charge in [-0.1, -0.05) is 59.7 Å². The lowest BCUT2D eigenvalue weighted by Gasteiger charge is -2.40. The van der Waals surface area contributed by atoms with Crippen molar-refractivity contribution in [3.8, 4) is 11.4 Å². The highest BCUT2D eigenvalue weighted by molar-refractivity contribution is 6.51. The van der Waals surface area contributed by atoms with Crippen molar-refractivity contribution >= 4 is 34.6 Å². The first kappa shape index (κ1) is 24.8. The SMILES string of the molecule is COc1ccc(NC2=Nc3ccccc3N3C2=Nc2c(c(C)nn2-c2ccc(C)cc2)[C@@H]3c2ccc(C)cc2)cc1. The largest absolute Gasteiger partial charge is 0.497 e. The lowest BCUT2D eigenvalue weighted by atomic mass is 9.93. The van der Waals surface area contributed by atoms with Gasteiger partial charge in [0, 0.05) is 11.3 Å². The van der Waals surface area contributed by atoms with E-state index in [-0.39, 0.29) is 6.04 Å². The van der Waals surface area contributed by atoms with Crippen LogP contribution < -0.4 is 15.0 Å². The van der Waals surface area contributed by atoms with Gasteiger partial charge in [-0.2, -0.15) is 5.10 Å². The maximum Gasteiger partial charge on any atom is 0.179 e. The van der Waals surface area contributed by atoms with Crippen LogP contribution in [0.5, 0.6) is 5.75 Å². The van der Waals surface area contributed by atoms with E-state index in [2.05, 4.69) is 91.7 Å². The number of hydrogen-bond donors (Lipinski definition) is 1. The number of aromatic nitrogens is 2. The zero-order valence-electron chi connectivity index (χ0n) is 23.5. The second kappa shape index (κ2) is 9.78. The Labute approximate surface area is 239 Å². The molecular weight excluding hydrogens is 508 g/mol. The van der Waals surface area contributed by atoms with Crippen molar-refractivity contribution in [3.05, 3.63) is 125 Å². The number of ether oxygens (including phenoxy) is 1. The number of aryl methyl sites for hydroxylation is 3. The summed E-state index contributed by atoms with van der Waals surface area (Å²) < 4.78 is 7.33. The monoisotopic (exact) mass is 538 g/mol. The Bertz CT molecular complexity index is 1820. The third-order valence-electron chi connectivity index (χ3n) is 7.66. The van der Waals surface area contributed by atoms with Gasteiger partial charge < -0.3 is 15.0 Å². The van der Waals surface area contributed by atoms with Crippen molar-refractivity contribution in [1.82, 2.24) is 9.78 Å². The van der Waals surface area contributed by atoms with Crippen LogP contribution in [0.4, 0.5) is 22.9 Å². The van der Waals surface area contributed by atoms with Crippen molar-refractivity contribution in [2.45, 2.75) is 26.8 Å². The molecule has 0 unspecified atom stereocenters. The molecule has 2 aliphatic heterocycles. The summed E-state index contributed by atoms with van der Waals surface area (Å²) in [7, 11) is 1.67. The van der Waals surface area contributed by atoms with Gasteiger partial charge in [0.25, 0.3) is 0 Å². The zero-order valence-corrected chi connectivity index (χ0v) is 23.5. The molecule has 1 N–H and O–H groups in total. The van der Waals surface area contributed by atoms with Crippen LogP contribution >= 0.6 is 0 Å². The van der Waals surface area contributed by atoms with E-state index in [0.717, 1.165) is 57.0 Å². The number of para-hydroxylation sites is 2. The average molecular weight is 539 g/mol. The van der Waals surface area contributed by atoms with Gasteiger partial charge in [-0.05, 0) is 74.9 Å². The molecule has 0 radical (unpaired) electrons. The molecule has 0 bridgehead atoms. The molecule has 0 saturated carbocycles. The Morgan fingerprint density at radius 3 is 2.15 bits per heavy atom. The number of anilines is 2. The van der Waals surface area contributed by atoms with Crippen molar-refractivity contribution < 1.29 is 4.74 Å². The minimum atomic E-state index is -0.151. The molecule has 0 aliphatic carbocycles. The number of methoxy groups -OCH3 is 1. The molecule has 7 rings (SSSR count). The van der Waals surface area contributed by atoms with Crippen molar-refractivity contribution in [1.29, 1.82) is 0 Å². The Balaban J connectivity index is 1.47. The van der Waals surface area contributed by atoms with E-state index < -0.39 is 0 Å². The number of benzene rings is 4. The Kier molecular flexibility index (Phi) is 5.93. The molecule has 0 amide bonds. The van der Waals surface area contributed by atoms with E-state index in [0.29, 0.717) is 5.84 Å². The molecule has 0 spiro atoms. The van der Waals surface area contributed by atoms with E-state index in [1.54, 1.807) is 7.11 Å². The quantitative estimate of drug-likeness (QED) is 0.256. The number of hydrogen-bond acceptors (Lipinski definition) is 6. The number of aliphatic imine (C=N–C) groups is 2. The van der Waals surface area contributed by atoms with Gasteiger partial charge in [0.1, 0.15) is 5.75 Å². The summed E-state index contributed by atoms with van der Waals surface area (Å²) in [5.41, 5.74) is 9.35. The van der Waals surface area contributed by atoms with Gasteiger partial charge in [-0.3, -0.25) is 0 Å². The highest BCUT2D eigenvalue weighted by atomic mass is 16.5. The topological polar surface area (TPSA) is 67.0 Å². The third-order valence-corrected chi connectivity index (χ3v) is 7.66. The minimum absolute atomic E-state index is 0.151. The van der Waals surface area contributed by atoms with Crippen molar-refractivity contribution in [2.75, 3.05) is 17.3 Å². The fraction of sp³-hybridized carbons (Fsp3) is 0.147. The number of rotatable bonds is 4. The summed E-state index contributed by atoms with van der Waals surface area (Å²) in [5.74, 6) is 3.02. The Morgan fingerprint density at radius 2 is 1.44 bits per heavy atom. The number of nitrogens with one attached hydrogen (secondary N) is 1. The molecule has 2 aliphatic rings. The minimum Gasteiger partial charge on any atom is -0.497 e. The van der Waals surface area contributed by atoms with Crippen LogP contribution in [0.2, 0.25) is 0 Å². The molecule has 7 nitrogen and oxygen atoms in total. The van der Waals surface area contributed by atoms with Crippen LogP contribution in [0, 0.1) is 20.8 Å². The van der Waals surface area contributed by atoms with E-state index in [1.807, 2.05) is 41.1 Å². The zero-order chi connectivity index (χ0) is 28.1. The number of amidine groups is 2. The second-order valence-electron chi connectivity index (χ2n) is 10.5. The molecule has 1 atom stereocenters. The molecule has 7 heteroatoms. The predicted molar refractivity (Wildman–Crippen MR) is 166 cm³/mol. The van der Waals surface area contributed by atoms with Crippen LogP contribution in [0.1, 0.15) is 34.0 Å². The van der Waals surface area contributed by atoms with Gasteiger partial charge in [0.15, 0.2) is 17.5 Å². The summed E-state index contributed by atoms with van der Waals surface area (Å²) in [6.45, 7) is 6.28. The van der Waals surface area contributed by atoms with Gasteiger partial charge in [0.05, 0.1) is 35.9 Å². The molecular formula is C34H30N6O. The molecule has 5 aromatic rings. The molecule has 0 fully saturated rings. The first-order valence-corrected chi connectivity index (χ1v) is 13.7. The van der Waals surface area contributed by atoms with Crippen LogP contribution in [0.3, 0.4) is 0 Å². The van der Waals surface area contributed by atoms with Crippen LogP contribution in [-0.4, -0.2) is 28.6 Å². The molecule has 3 heterocycles. The average Bonchev–Trinajstić information content (AvgIpc) is 3.33. The first-order valence-electron chi connectivity index (χ1n) is 13.7. The van der Waals surface area contributed by atoms with E-state index >= 15 is 0 Å². The third kappa shape index (κ3) is 4.26. The van der Waals surface area contributed by atoms with Crippen molar-refractivity contribution in [2.24, 2.45) is 9.98 Å². The summed E-state index contributed by atoms with van der Waals surface area (Å²) >= 11 is 0. The summed E-state index contributed by atoms with van der Waals surface area (Å²) in [6.07, 6.45) is 0. The van der Waals surface area contributed by atoms with E-state index in [9.17, 15) is 0 Å². The Morgan fingerprint density at radius 1 is 0.756 bits per heavy atom. The summed E-state index contributed by atoms with van der Waals surface area (Å²) in [5, 5.41) is 8.59. The number of fused-ring (bicyclic) bond motifs is 4. The first-order chi connectivity index (χ1) is 20.0. The fourth-order valence-electron chi connectivity index (χ4n) is 5.54. The fourth-order valence-corrected chi connectivity index (χ4v) is 5.54. The number of nitrogens with zero attached hydrogens (tertiary/aromatic N) is 5. The van der Waals surface area contributed by atoms with Crippen LogP contribution in [0.25, 0.3) is 5.69 Å². The van der Waals surface area contributed by atoms with Gasteiger partial charge in [-0.15, -0.1) is 0 Å². The van der Waals surface area contributed by atoms with Crippen LogP contribution in [0.15, 0.2) is 107 Å². The summed E-state index contributed by atoms with van der Waals surface area (Å²) in [6, 6.07) is 33.1. The maximum absolute atomic E-state index is 5.37. The smallest absolute Gasteiger partial charge is 0.179 e. The van der Waals surface area contributed by atoms with Crippen LogP contribution in [-0.2, 0) is 0 Å². The predicted octanol–water partition coefficient (Wildman–Crippen LogP) is 7.60. The molecule has 41 heavy (non-hydrogen) atoms. The van der Waals surface area contributed by atoms with Gasteiger partial charge >= 0.3 is 0 Å². The molecule has 202 valence electrons. The van der Waals surface area contributed by atoms with Gasteiger partial charge in [-0.25, -0.2) is 14.7 Å². The Hall–Kier alpha value is -5.17. The lowest BCUT2D eigenvalue weighted by molar-refractivity contribution is 0.415. The highest BCUT2D eigenvalue weighted by Gasteiger charge is 2.41. The maximum atomic E-state index is 5.37. The van der Waals surface area contributed by atoms with Gasteiger partial charge in [0.2, 0.25) is 0 Å². The molecule has 1 aromatic heterocycles. The van der Waals surface area contributed by atoms with E-state index in [1.165, 1.54) is 11.1 Å². The standard InChI is InChI=1S/C34H30N6O/c1-21-9-13-24(14-10-21)31-30-23(3)38-40(26-17-11-22(2)12-18-26)33(30)37-34-32(35-25-15-19-27(41-4)20-16-25)36-28-7-5-6-8-29(28)39(31)34/h5-20,31H,1-4H3,(H,35,36)/t31-/m0/s1. The lowest BCUT2D eigenvalue weighted by Crippen LogP contribution is -2.46. The highest BCUT2D eigenvalue weighted by Crippen LogP contribution is 2.48. The van der Waals surface area contributed by atoms with E-state index in [4.69, 9.17) is 19.8 Å². The molecule has 0 saturated heterocycles.